The Morgan fingerprint density at radius 1 is 1.04 bits per heavy atom. The van der Waals surface area contributed by atoms with Crippen LogP contribution >= 0.6 is 0 Å². The van der Waals surface area contributed by atoms with Crippen LogP contribution in [0.3, 0.4) is 0 Å². The van der Waals surface area contributed by atoms with Gasteiger partial charge in [0.05, 0.1) is 10.6 Å². The Kier molecular flexibility index (Phi) is 5.92. The zero-order valence-electron chi connectivity index (χ0n) is 13.3. The van der Waals surface area contributed by atoms with E-state index in [0.29, 0.717) is 12.1 Å². The lowest BCUT2D eigenvalue weighted by Crippen LogP contribution is -2.30. The first kappa shape index (κ1) is 17.9. The highest BCUT2D eigenvalue weighted by atomic mass is 32.2. The number of rotatable bonds is 6. The maximum absolute atomic E-state index is 12.8. The smallest absolute Gasteiger partial charge is 0.319 e. The summed E-state index contributed by atoms with van der Waals surface area (Å²) in [6.45, 7) is 2.11. The van der Waals surface area contributed by atoms with Crippen molar-refractivity contribution in [2.45, 2.75) is 18.2 Å². The molecule has 0 radical (unpaired) electrons. The fraction of sp³-hybridized carbons (Fsp3) is 0.235. The minimum absolute atomic E-state index is 0.0487. The zero-order valence-corrected chi connectivity index (χ0v) is 14.1. The molecular formula is C17H19FN2O3S. The van der Waals surface area contributed by atoms with Crippen LogP contribution in [0.4, 0.5) is 14.9 Å². The van der Waals surface area contributed by atoms with Gasteiger partial charge in [0.25, 0.3) is 0 Å². The molecule has 0 unspecified atom stereocenters. The van der Waals surface area contributed by atoms with E-state index in [9.17, 15) is 17.6 Å². The summed E-state index contributed by atoms with van der Waals surface area (Å²) >= 11 is 0. The van der Waals surface area contributed by atoms with Gasteiger partial charge in [-0.2, -0.15) is 0 Å². The van der Waals surface area contributed by atoms with Crippen molar-refractivity contribution in [3.05, 3.63) is 59.9 Å². The summed E-state index contributed by atoms with van der Waals surface area (Å²) in [5, 5.41) is 5.11. The van der Waals surface area contributed by atoms with Crippen LogP contribution < -0.4 is 10.6 Å². The molecule has 0 fully saturated rings. The van der Waals surface area contributed by atoms with Gasteiger partial charge in [0.1, 0.15) is 5.82 Å². The molecule has 0 heterocycles. The van der Waals surface area contributed by atoms with E-state index in [-0.39, 0.29) is 23.0 Å². The second-order valence-corrected chi connectivity index (χ2v) is 7.48. The normalized spacial score (nSPS) is 11.1. The van der Waals surface area contributed by atoms with Crippen molar-refractivity contribution in [1.82, 2.24) is 5.32 Å². The van der Waals surface area contributed by atoms with Crippen LogP contribution in [-0.4, -0.2) is 26.7 Å². The van der Waals surface area contributed by atoms with Crippen LogP contribution in [0.15, 0.2) is 53.4 Å². The van der Waals surface area contributed by atoms with E-state index >= 15 is 0 Å². The maximum atomic E-state index is 12.8. The molecule has 2 aromatic rings. The number of sulfone groups is 1. The number of nitrogens with one attached hydrogen (secondary N) is 2. The molecule has 7 heteroatoms. The number of carbonyl (C=O) groups excluding carboxylic acids is 1. The predicted octanol–water partition coefficient (Wildman–Crippen LogP) is 3.12. The first-order valence-electron chi connectivity index (χ1n) is 7.47. The number of anilines is 1. The highest BCUT2D eigenvalue weighted by Gasteiger charge is 2.13. The van der Waals surface area contributed by atoms with E-state index < -0.39 is 15.9 Å². The van der Waals surface area contributed by atoms with Crippen LogP contribution in [0.2, 0.25) is 0 Å². The van der Waals surface area contributed by atoms with Gasteiger partial charge in [-0.05, 0) is 49.7 Å². The van der Waals surface area contributed by atoms with Gasteiger partial charge in [-0.3, -0.25) is 0 Å². The predicted molar refractivity (Wildman–Crippen MR) is 91.3 cm³/mol. The van der Waals surface area contributed by atoms with E-state index in [1.54, 1.807) is 24.3 Å². The first-order valence-corrected chi connectivity index (χ1v) is 9.12. The summed E-state index contributed by atoms with van der Waals surface area (Å²) in [5.74, 6) is -0.436. The quantitative estimate of drug-likeness (QED) is 0.786. The fourth-order valence-corrected chi connectivity index (χ4v) is 3.35. The molecule has 0 atom stereocenters. The Labute approximate surface area is 140 Å². The van der Waals surface area contributed by atoms with Gasteiger partial charge in [-0.15, -0.1) is 0 Å². The number of benzene rings is 2. The van der Waals surface area contributed by atoms with E-state index in [1.165, 1.54) is 24.3 Å². The molecular weight excluding hydrogens is 331 g/mol. The molecule has 0 aromatic heterocycles. The van der Waals surface area contributed by atoms with E-state index in [1.807, 2.05) is 6.92 Å². The fourth-order valence-electron chi connectivity index (χ4n) is 2.04. The summed E-state index contributed by atoms with van der Waals surface area (Å²) < 4.78 is 37.1. The molecule has 5 nitrogen and oxygen atoms in total. The van der Waals surface area contributed by atoms with Crippen molar-refractivity contribution in [2.75, 3.05) is 17.6 Å². The molecule has 128 valence electrons. The zero-order chi connectivity index (χ0) is 17.6. The van der Waals surface area contributed by atoms with Crippen LogP contribution in [0.25, 0.3) is 0 Å². The number of urea groups is 1. The lowest BCUT2D eigenvalue weighted by molar-refractivity contribution is 0.252. The average molecular weight is 350 g/mol. The largest absolute Gasteiger partial charge is 0.338 e. The number of aryl methyl sites for hydroxylation is 1. The Morgan fingerprint density at radius 2 is 1.67 bits per heavy atom. The van der Waals surface area contributed by atoms with Gasteiger partial charge in [0.2, 0.25) is 0 Å². The molecule has 0 aliphatic carbocycles. The molecule has 2 N–H and O–H groups in total. The van der Waals surface area contributed by atoms with E-state index in [0.717, 1.165) is 5.56 Å². The summed E-state index contributed by atoms with van der Waals surface area (Å²) in [4.78, 5) is 11.9. The van der Waals surface area contributed by atoms with Crippen molar-refractivity contribution >= 4 is 21.6 Å². The molecule has 2 rings (SSSR count). The molecule has 2 aromatic carbocycles. The minimum Gasteiger partial charge on any atom is -0.338 e. The minimum atomic E-state index is -3.35. The lowest BCUT2D eigenvalue weighted by Gasteiger charge is -2.08. The van der Waals surface area contributed by atoms with Gasteiger partial charge in [0.15, 0.2) is 9.84 Å². The van der Waals surface area contributed by atoms with Crippen LogP contribution in [0.1, 0.15) is 12.0 Å². The highest BCUT2D eigenvalue weighted by molar-refractivity contribution is 7.91. The number of hydrogen-bond donors (Lipinski definition) is 2. The van der Waals surface area contributed by atoms with Crippen molar-refractivity contribution in [1.29, 1.82) is 0 Å². The van der Waals surface area contributed by atoms with Gasteiger partial charge in [0, 0.05) is 12.2 Å². The number of amides is 2. The van der Waals surface area contributed by atoms with Crippen molar-refractivity contribution in [2.24, 2.45) is 0 Å². The molecule has 0 aliphatic rings. The third-order valence-corrected chi connectivity index (χ3v) is 5.17. The molecule has 24 heavy (non-hydrogen) atoms. The summed E-state index contributed by atoms with van der Waals surface area (Å²) in [5.41, 5.74) is 1.45. The van der Waals surface area contributed by atoms with Crippen LogP contribution in [0.5, 0.6) is 0 Å². The summed E-state index contributed by atoms with van der Waals surface area (Å²) in [7, 11) is -3.35. The van der Waals surface area contributed by atoms with Gasteiger partial charge < -0.3 is 10.6 Å². The van der Waals surface area contributed by atoms with Gasteiger partial charge in [-0.1, -0.05) is 17.7 Å². The van der Waals surface area contributed by atoms with Crippen molar-refractivity contribution < 1.29 is 17.6 Å². The second kappa shape index (κ2) is 7.92. The summed E-state index contributed by atoms with van der Waals surface area (Å²) in [6.07, 6.45) is 0.299. The topological polar surface area (TPSA) is 75.3 Å². The lowest BCUT2D eigenvalue weighted by atomic mass is 10.2. The number of carbonyl (C=O) groups is 1. The Balaban J connectivity index is 1.76. The molecule has 2 amide bonds. The second-order valence-electron chi connectivity index (χ2n) is 5.37. The number of hydrogen-bond acceptors (Lipinski definition) is 3. The Bertz CT molecular complexity index is 788. The first-order chi connectivity index (χ1) is 11.4. The molecule has 0 saturated heterocycles. The monoisotopic (exact) mass is 350 g/mol. The Hall–Kier alpha value is -2.41. The molecule has 0 bridgehead atoms. The van der Waals surface area contributed by atoms with Crippen molar-refractivity contribution in [3.8, 4) is 0 Å². The van der Waals surface area contributed by atoms with Crippen molar-refractivity contribution in [3.63, 3.8) is 0 Å². The molecule has 0 aliphatic heterocycles. The Morgan fingerprint density at radius 3 is 2.29 bits per heavy atom. The standard InChI is InChI=1S/C17H19FN2O3S/c1-13-3-9-16(10-4-13)24(22,23)12-2-11-19-17(21)20-15-7-5-14(18)6-8-15/h3-10H,2,11-12H2,1H3,(H2,19,20,21). The van der Waals surface area contributed by atoms with Crippen LogP contribution in [0, 0.1) is 12.7 Å². The average Bonchev–Trinajstić information content (AvgIpc) is 2.54. The molecule has 0 saturated carbocycles. The SMILES string of the molecule is Cc1ccc(S(=O)(=O)CCCNC(=O)Nc2ccc(F)cc2)cc1. The summed E-state index contributed by atoms with van der Waals surface area (Å²) in [6, 6.07) is 11.6. The van der Waals surface area contributed by atoms with Crippen LogP contribution in [-0.2, 0) is 9.84 Å². The van der Waals surface area contributed by atoms with Gasteiger partial charge >= 0.3 is 6.03 Å². The maximum Gasteiger partial charge on any atom is 0.319 e. The molecule has 0 spiro atoms. The highest BCUT2D eigenvalue weighted by Crippen LogP contribution is 2.13. The van der Waals surface area contributed by atoms with Gasteiger partial charge in [-0.25, -0.2) is 17.6 Å². The third kappa shape index (κ3) is 5.34. The van der Waals surface area contributed by atoms with E-state index in [2.05, 4.69) is 10.6 Å². The third-order valence-electron chi connectivity index (χ3n) is 3.36. The van der Waals surface area contributed by atoms with E-state index in [4.69, 9.17) is 0 Å². The number of halogens is 1.